The van der Waals surface area contributed by atoms with Gasteiger partial charge in [0.25, 0.3) is 0 Å². The highest BCUT2D eigenvalue weighted by Crippen LogP contribution is 2.14. The number of hydrogen-bond donors (Lipinski definition) is 1. The van der Waals surface area contributed by atoms with E-state index in [-0.39, 0.29) is 6.54 Å². The quantitative estimate of drug-likeness (QED) is 0.888. The smallest absolute Gasteiger partial charge is 0.362 e. The Labute approximate surface area is 124 Å². The Hall–Kier alpha value is -2.35. The highest BCUT2D eigenvalue weighted by Gasteiger charge is 2.27. The second-order valence-corrected chi connectivity index (χ2v) is 4.50. The molecule has 8 heteroatoms. The predicted molar refractivity (Wildman–Crippen MR) is 72.3 cm³/mol. The molecule has 0 aliphatic carbocycles. The van der Waals surface area contributed by atoms with Gasteiger partial charge in [-0.3, -0.25) is 4.79 Å². The molecule has 0 fully saturated rings. The van der Waals surface area contributed by atoms with Gasteiger partial charge in [0.1, 0.15) is 13.2 Å². The Kier molecular flexibility index (Phi) is 5.16. The molecule has 0 saturated carbocycles. The number of nitrogens with one attached hydrogen (secondary N) is 1. The maximum Gasteiger partial charge on any atom is 0.411 e. The van der Waals surface area contributed by atoms with Gasteiger partial charge in [-0.15, -0.1) is 0 Å². The molecule has 0 atom stereocenters. The molecule has 0 saturated heterocycles. The summed E-state index contributed by atoms with van der Waals surface area (Å²) in [5.74, 6) is -0.597. The summed E-state index contributed by atoms with van der Waals surface area (Å²) in [6.45, 7) is -1.84. The van der Waals surface area contributed by atoms with Gasteiger partial charge in [0.2, 0.25) is 5.91 Å². The van der Waals surface area contributed by atoms with E-state index in [0.717, 1.165) is 11.3 Å². The molecule has 22 heavy (non-hydrogen) atoms. The minimum atomic E-state index is -4.43. The van der Waals surface area contributed by atoms with Crippen LogP contribution in [0.3, 0.4) is 0 Å². The van der Waals surface area contributed by atoms with E-state index in [1.165, 1.54) is 0 Å². The number of amides is 1. The molecule has 118 valence electrons. The van der Waals surface area contributed by atoms with Crippen LogP contribution < -0.4 is 5.32 Å². The van der Waals surface area contributed by atoms with Crippen LogP contribution >= 0.6 is 0 Å². The van der Waals surface area contributed by atoms with Crippen LogP contribution in [0.15, 0.2) is 42.7 Å². The first-order valence-corrected chi connectivity index (χ1v) is 6.44. The molecular formula is C14H14F3N3O2. The van der Waals surface area contributed by atoms with Gasteiger partial charge < -0.3 is 10.1 Å². The lowest BCUT2D eigenvalue weighted by Crippen LogP contribution is -2.29. The van der Waals surface area contributed by atoms with Crippen molar-refractivity contribution >= 4 is 5.91 Å². The number of alkyl halides is 3. The van der Waals surface area contributed by atoms with Crippen molar-refractivity contribution in [2.45, 2.75) is 12.7 Å². The van der Waals surface area contributed by atoms with Crippen LogP contribution in [0.1, 0.15) is 5.56 Å². The Morgan fingerprint density at radius 1 is 1.27 bits per heavy atom. The molecule has 1 aromatic heterocycles. The third kappa shape index (κ3) is 5.21. The summed E-state index contributed by atoms with van der Waals surface area (Å²) in [5.41, 5.74) is 1.69. The summed E-state index contributed by atoms with van der Waals surface area (Å²) in [5, 5.41) is 6.57. The zero-order chi connectivity index (χ0) is 16.0. The average molecular weight is 313 g/mol. The van der Waals surface area contributed by atoms with E-state index >= 15 is 0 Å². The second-order valence-electron chi connectivity index (χ2n) is 4.50. The molecular weight excluding hydrogens is 299 g/mol. The minimum Gasteiger partial charge on any atom is -0.362 e. The van der Waals surface area contributed by atoms with Crippen molar-refractivity contribution in [2.24, 2.45) is 0 Å². The van der Waals surface area contributed by atoms with Crippen molar-refractivity contribution in [3.63, 3.8) is 0 Å². The molecule has 0 bridgehead atoms. The van der Waals surface area contributed by atoms with Crippen LogP contribution in [0.4, 0.5) is 13.2 Å². The molecule has 0 unspecified atom stereocenters. The van der Waals surface area contributed by atoms with E-state index in [4.69, 9.17) is 0 Å². The van der Waals surface area contributed by atoms with Gasteiger partial charge in [-0.2, -0.15) is 18.3 Å². The highest BCUT2D eigenvalue weighted by atomic mass is 19.4. The predicted octanol–water partition coefficient (Wildman–Crippen LogP) is 2.07. The number of halogens is 3. The van der Waals surface area contributed by atoms with Crippen molar-refractivity contribution in [2.75, 3.05) is 13.2 Å². The molecule has 0 aliphatic heterocycles. The Bertz CT molecular complexity index is 595. The van der Waals surface area contributed by atoms with Crippen LogP contribution in [0.5, 0.6) is 0 Å². The average Bonchev–Trinajstić information content (AvgIpc) is 2.98. The largest absolute Gasteiger partial charge is 0.411 e. The fourth-order valence-corrected chi connectivity index (χ4v) is 1.70. The van der Waals surface area contributed by atoms with Gasteiger partial charge >= 0.3 is 6.18 Å². The molecule has 1 N–H and O–H groups in total. The van der Waals surface area contributed by atoms with Gasteiger partial charge in [-0.25, -0.2) is 4.68 Å². The molecule has 1 heterocycles. The monoisotopic (exact) mass is 313 g/mol. The Morgan fingerprint density at radius 3 is 2.59 bits per heavy atom. The van der Waals surface area contributed by atoms with E-state index in [0.29, 0.717) is 0 Å². The molecule has 1 amide bonds. The van der Waals surface area contributed by atoms with Crippen molar-refractivity contribution in [3.05, 3.63) is 48.3 Å². The first kappa shape index (κ1) is 16.0. The molecule has 2 rings (SSSR count). The van der Waals surface area contributed by atoms with E-state index in [9.17, 15) is 18.0 Å². The van der Waals surface area contributed by atoms with Gasteiger partial charge in [0.15, 0.2) is 0 Å². The van der Waals surface area contributed by atoms with Crippen molar-refractivity contribution < 1.29 is 22.7 Å². The van der Waals surface area contributed by atoms with Crippen LogP contribution in [-0.4, -0.2) is 35.1 Å². The maximum atomic E-state index is 11.8. The van der Waals surface area contributed by atoms with Crippen LogP contribution in [0, 0.1) is 0 Å². The van der Waals surface area contributed by atoms with Crippen molar-refractivity contribution in [1.29, 1.82) is 0 Å². The molecule has 0 aliphatic rings. The van der Waals surface area contributed by atoms with Crippen molar-refractivity contribution in [1.82, 2.24) is 15.1 Å². The molecule has 5 nitrogen and oxygen atoms in total. The number of hydrogen-bond acceptors (Lipinski definition) is 3. The third-order valence-corrected chi connectivity index (χ3v) is 2.69. The number of benzene rings is 1. The summed E-state index contributed by atoms with van der Waals surface area (Å²) >= 11 is 0. The molecule has 0 radical (unpaired) electrons. The fraction of sp³-hybridized carbons (Fsp3) is 0.286. The van der Waals surface area contributed by atoms with E-state index in [1.54, 1.807) is 35.3 Å². The second kappa shape index (κ2) is 7.08. The Morgan fingerprint density at radius 2 is 2.00 bits per heavy atom. The van der Waals surface area contributed by atoms with Crippen molar-refractivity contribution in [3.8, 4) is 5.69 Å². The summed E-state index contributed by atoms with van der Waals surface area (Å²) in [4.78, 5) is 11.3. The first-order valence-electron chi connectivity index (χ1n) is 6.44. The number of aromatic nitrogens is 2. The molecule has 0 spiro atoms. The molecule has 1 aromatic carbocycles. The minimum absolute atomic E-state index is 0.216. The molecule has 2 aromatic rings. The van der Waals surface area contributed by atoms with Gasteiger partial charge in [-0.05, 0) is 23.8 Å². The number of rotatable bonds is 6. The van der Waals surface area contributed by atoms with Crippen LogP contribution in [-0.2, 0) is 16.1 Å². The summed E-state index contributed by atoms with van der Waals surface area (Å²) in [7, 11) is 0. The fourth-order valence-electron chi connectivity index (χ4n) is 1.70. The van der Waals surface area contributed by atoms with E-state index < -0.39 is 25.3 Å². The number of carbonyl (C=O) groups is 1. The van der Waals surface area contributed by atoms with Gasteiger partial charge in [0.05, 0.1) is 5.69 Å². The van der Waals surface area contributed by atoms with Gasteiger partial charge in [0, 0.05) is 18.9 Å². The topological polar surface area (TPSA) is 56.1 Å². The number of carbonyl (C=O) groups excluding carboxylic acids is 1. The standard InChI is InChI=1S/C14H14F3N3O2/c15-14(16,17)10-22-9-13(21)18-8-11-2-4-12(5-3-11)20-7-1-6-19-20/h1-7H,8-10H2,(H,18,21). The first-order chi connectivity index (χ1) is 10.4. The van der Waals surface area contributed by atoms with E-state index in [1.807, 2.05) is 12.1 Å². The lowest BCUT2D eigenvalue weighted by atomic mass is 10.2. The zero-order valence-corrected chi connectivity index (χ0v) is 11.5. The number of ether oxygens (including phenoxy) is 1. The normalized spacial score (nSPS) is 11.4. The third-order valence-electron chi connectivity index (χ3n) is 2.69. The zero-order valence-electron chi connectivity index (χ0n) is 11.5. The lowest BCUT2D eigenvalue weighted by Gasteiger charge is -2.09. The van der Waals surface area contributed by atoms with E-state index in [2.05, 4.69) is 15.2 Å². The SMILES string of the molecule is O=C(COCC(F)(F)F)NCc1ccc(-n2cccn2)cc1. The lowest BCUT2D eigenvalue weighted by molar-refractivity contribution is -0.175. The van der Waals surface area contributed by atoms with Crippen LogP contribution in [0.25, 0.3) is 5.69 Å². The highest BCUT2D eigenvalue weighted by molar-refractivity contribution is 5.77. The van der Waals surface area contributed by atoms with Crippen LogP contribution in [0.2, 0.25) is 0 Å². The summed E-state index contributed by atoms with van der Waals surface area (Å²) in [6.07, 6.45) is -0.966. The summed E-state index contributed by atoms with van der Waals surface area (Å²) < 4.78 is 41.5. The van der Waals surface area contributed by atoms with Gasteiger partial charge in [-0.1, -0.05) is 12.1 Å². The maximum absolute atomic E-state index is 11.8. The summed E-state index contributed by atoms with van der Waals surface area (Å²) in [6, 6.07) is 9.06. The Balaban J connectivity index is 1.76. The number of nitrogens with zero attached hydrogens (tertiary/aromatic N) is 2.